The molecule has 0 aromatic rings. The molecule has 0 N–H and O–H groups in total. The Morgan fingerprint density at radius 1 is 1.27 bits per heavy atom. The topological polar surface area (TPSA) is 42.0 Å². The lowest BCUT2D eigenvalue weighted by molar-refractivity contribution is -0.156. The van der Waals surface area contributed by atoms with Crippen molar-refractivity contribution in [3.05, 3.63) is 12.7 Å². The first kappa shape index (κ1) is 16.0. The van der Waals surface area contributed by atoms with Gasteiger partial charge in [0.25, 0.3) is 0 Å². The van der Waals surface area contributed by atoms with E-state index in [1.807, 2.05) is 0 Å². The maximum absolute atomic E-state index is 12.9. The van der Waals surface area contributed by atoms with Crippen molar-refractivity contribution in [2.75, 3.05) is 39.9 Å². The van der Waals surface area contributed by atoms with Gasteiger partial charge < -0.3 is 19.3 Å². The molecule has 5 nitrogen and oxygen atoms in total. The fourth-order valence-electron chi connectivity index (χ4n) is 4.05. The molecule has 0 bridgehead atoms. The Labute approximate surface area is 133 Å². The number of piperidine rings is 1. The van der Waals surface area contributed by atoms with Crippen LogP contribution in [0.25, 0.3) is 0 Å². The van der Waals surface area contributed by atoms with Crippen molar-refractivity contribution in [1.82, 2.24) is 9.80 Å². The summed E-state index contributed by atoms with van der Waals surface area (Å²) in [6.07, 6.45) is 5.86. The second-order valence-electron chi connectivity index (χ2n) is 6.75. The summed E-state index contributed by atoms with van der Waals surface area (Å²) in [4.78, 5) is 17.3. The molecule has 1 saturated carbocycles. The summed E-state index contributed by atoms with van der Waals surface area (Å²) in [5.74, 6) is 0.541. The highest BCUT2D eigenvalue weighted by Gasteiger charge is 2.46. The van der Waals surface area contributed by atoms with Crippen LogP contribution in [0.15, 0.2) is 12.7 Å². The molecule has 3 aliphatic rings. The molecule has 0 unspecified atom stereocenters. The van der Waals surface area contributed by atoms with E-state index in [4.69, 9.17) is 9.47 Å². The van der Waals surface area contributed by atoms with E-state index in [-0.39, 0.29) is 24.2 Å². The fourth-order valence-corrected chi connectivity index (χ4v) is 4.05. The van der Waals surface area contributed by atoms with E-state index >= 15 is 0 Å². The third-order valence-electron chi connectivity index (χ3n) is 5.31. The predicted molar refractivity (Wildman–Crippen MR) is 84.6 cm³/mol. The molecule has 1 amide bonds. The fraction of sp³-hybridized carbons (Fsp3) is 0.824. The average Bonchev–Trinajstić information content (AvgIpc) is 2.96. The van der Waals surface area contributed by atoms with Gasteiger partial charge in [-0.3, -0.25) is 4.79 Å². The molecular formula is C17H28N2O3. The number of morpholine rings is 1. The van der Waals surface area contributed by atoms with Crippen LogP contribution in [0.4, 0.5) is 0 Å². The number of ether oxygens (including phenoxy) is 2. The average molecular weight is 308 g/mol. The van der Waals surface area contributed by atoms with Crippen LogP contribution >= 0.6 is 0 Å². The van der Waals surface area contributed by atoms with Gasteiger partial charge in [0.2, 0.25) is 5.91 Å². The van der Waals surface area contributed by atoms with E-state index in [0.29, 0.717) is 19.1 Å². The molecule has 3 fully saturated rings. The molecule has 0 aromatic carbocycles. The molecule has 3 rings (SSSR count). The molecule has 3 atom stereocenters. The second-order valence-corrected chi connectivity index (χ2v) is 6.75. The van der Waals surface area contributed by atoms with Crippen molar-refractivity contribution < 1.29 is 14.3 Å². The maximum Gasteiger partial charge on any atom is 0.226 e. The zero-order chi connectivity index (χ0) is 15.5. The number of carbonyl (C=O) groups excluding carboxylic acids is 1. The summed E-state index contributed by atoms with van der Waals surface area (Å²) in [6, 6.07) is 0.204. The first-order chi connectivity index (χ1) is 10.7. The van der Waals surface area contributed by atoms with Crippen LogP contribution in [-0.4, -0.2) is 73.9 Å². The molecule has 5 heteroatoms. The summed E-state index contributed by atoms with van der Waals surface area (Å²) in [7, 11) is 2.13. The summed E-state index contributed by atoms with van der Waals surface area (Å²) in [5, 5.41) is 0. The van der Waals surface area contributed by atoms with E-state index in [9.17, 15) is 4.79 Å². The van der Waals surface area contributed by atoms with Gasteiger partial charge in [0.05, 0.1) is 25.4 Å². The molecule has 0 aromatic heterocycles. The largest absolute Gasteiger partial charge is 0.372 e. The van der Waals surface area contributed by atoms with Gasteiger partial charge in [-0.15, -0.1) is 6.58 Å². The normalized spacial score (nSPS) is 33.7. The van der Waals surface area contributed by atoms with Gasteiger partial charge in [-0.2, -0.15) is 0 Å². The smallest absolute Gasteiger partial charge is 0.226 e. The van der Waals surface area contributed by atoms with E-state index < -0.39 is 0 Å². The van der Waals surface area contributed by atoms with Crippen LogP contribution in [0.5, 0.6) is 0 Å². The number of likely N-dealkylation sites (tertiary alicyclic amines) is 1. The van der Waals surface area contributed by atoms with E-state index in [2.05, 4.69) is 23.4 Å². The van der Waals surface area contributed by atoms with Crippen LogP contribution in [0.2, 0.25) is 0 Å². The number of carbonyl (C=O) groups is 1. The number of rotatable bonds is 4. The third kappa shape index (κ3) is 3.21. The molecule has 22 heavy (non-hydrogen) atoms. The van der Waals surface area contributed by atoms with Crippen molar-refractivity contribution in [2.24, 2.45) is 5.92 Å². The lowest BCUT2D eigenvalue weighted by Crippen LogP contribution is -2.56. The van der Waals surface area contributed by atoms with Crippen molar-refractivity contribution >= 4 is 5.91 Å². The quantitative estimate of drug-likeness (QED) is 0.734. The highest BCUT2D eigenvalue weighted by atomic mass is 16.5. The predicted octanol–water partition coefficient (Wildman–Crippen LogP) is 1.29. The lowest BCUT2D eigenvalue weighted by Gasteiger charge is -2.41. The van der Waals surface area contributed by atoms with Gasteiger partial charge >= 0.3 is 0 Å². The molecule has 0 spiro atoms. The number of hydrogen-bond acceptors (Lipinski definition) is 4. The minimum Gasteiger partial charge on any atom is -0.372 e. The van der Waals surface area contributed by atoms with Gasteiger partial charge in [0.15, 0.2) is 0 Å². The highest BCUT2D eigenvalue weighted by Crippen LogP contribution is 2.34. The van der Waals surface area contributed by atoms with Crippen LogP contribution in [0.3, 0.4) is 0 Å². The summed E-state index contributed by atoms with van der Waals surface area (Å²) in [6.45, 7) is 7.68. The molecular weight excluding hydrogens is 280 g/mol. The Balaban J connectivity index is 1.62. The first-order valence-corrected chi connectivity index (χ1v) is 8.54. The minimum atomic E-state index is 0.0453. The SMILES string of the molecule is C=CCO[C@@H]1CC[C@H]2[C@H]1OCCN2C(=O)C1CCN(C)CC1. The van der Waals surface area contributed by atoms with Gasteiger partial charge in [-0.1, -0.05) is 6.08 Å². The monoisotopic (exact) mass is 308 g/mol. The van der Waals surface area contributed by atoms with E-state index in [1.54, 1.807) is 6.08 Å². The molecule has 0 radical (unpaired) electrons. The first-order valence-electron chi connectivity index (χ1n) is 8.54. The van der Waals surface area contributed by atoms with Crippen molar-refractivity contribution in [3.63, 3.8) is 0 Å². The van der Waals surface area contributed by atoms with Gasteiger partial charge in [0, 0.05) is 12.5 Å². The van der Waals surface area contributed by atoms with E-state index in [1.165, 1.54) is 0 Å². The number of amides is 1. The minimum absolute atomic E-state index is 0.0453. The van der Waals surface area contributed by atoms with Gasteiger partial charge in [-0.25, -0.2) is 0 Å². The zero-order valence-electron chi connectivity index (χ0n) is 13.6. The zero-order valence-corrected chi connectivity index (χ0v) is 13.6. The number of nitrogens with zero attached hydrogens (tertiary/aromatic N) is 2. The summed E-state index contributed by atoms with van der Waals surface area (Å²) < 4.78 is 11.8. The molecule has 2 heterocycles. The van der Waals surface area contributed by atoms with E-state index in [0.717, 1.165) is 45.3 Å². The molecule has 1 aliphatic carbocycles. The molecule has 2 saturated heterocycles. The van der Waals surface area contributed by atoms with Crippen LogP contribution in [0, 0.1) is 5.92 Å². The van der Waals surface area contributed by atoms with Gasteiger partial charge in [-0.05, 0) is 45.8 Å². The van der Waals surface area contributed by atoms with Crippen molar-refractivity contribution in [2.45, 2.75) is 43.9 Å². The number of hydrogen-bond donors (Lipinski definition) is 0. The van der Waals surface area contributed by atoms with Crippen LogP contribution < -0.4 is 0 Å². The Morgan fingerprint density at radius 3 is 2.77 bits per heavy atom. The Hall–Kier alpha value is -0.910. The Morgan fingerprint density at radius 2 is 2.05 bits per heavy atom. The van der Waals surface area contributed by atoms with Crippen LogP contribution in [-0.2, 0) is 14.3 Å². The maximum atomic E-state index is 12.9. The van der Waals surface area contributed by atoms with Crippen LogP contribution in [0.1, 0.15) is 25.7 Å². The highest BCUT2D eigenvalue weighted by molar-refractivity contribution is 5.79. The molecule has 124 valence electrons. The summed E-state index contributed by atoms with van der Waals surface area (Å²) in [5.41, 5.74) is 0. The third-order valence-corrected chi connectivity index (χ3v) is 5.31. The standard InChI is InChI=1S/C17H28N2O3/c1-3-11-21-15-5-4-14-16(15)22-12-10-19(14)17(20)13-6-8-18(2)9-7-13/h3,13-16H,1,4-12H2,2H3/t14-,15+,16+/m0/s1. The number of fused-ring (bicyclic) bond motifs is 1. The van der Waals surface area contributed by atoms with Crippen molar-refractivity contribution in [1.29, 1.82) is 0 Å². The second kappa shape index (κ2) is 7.11. The van der Waals surface area contributed by atoms with Gasteiger partial charge in [0.1, 0.15) is 6.10 Å². The lowest BCUT2D eigenvalue weighted by atomic mass is 9.94. The molecule has 2 aliphatic heterocycles. The Bertz CT molecular complexity index is 407. The summed E-state index contributed by atoms with van der Waals surface area (Å²) >= 11 is 0. The Kier molecular flexibility index (Phi) is 5.16. The van der Waals surface area contributed by atoms with Crippen molar-refractivity contribution in [3.8, 4) is 0 Å².